The molecule has 0 radical (unpaired) electrons. The molecule has 0 saturated carbocycles. The molecule has 0 bridgehead atoms. The van der Waals surface area contributed by atoms with Crippen molar-refractivity contribution in [3.63, 3.8) is 0 Å². The normalized spacial score (nSPS) is 14.8. The second-order valence-corrected chi connectivity index (χ2v) is 4.96. The van der Waals surface area contributed by atoms with Crippen molar-refractivity contribution in [1.29, 1.82) is 0 Å². The third-order valence-corrected chi connectivity index (χ3v) is 3.78. The van der Waals surface area contributed by atoms with Gasteiger partial charge in [-0.05, 0) is 17.2 Å². The van der Waals surface area contributed by atoms with E-state index in [2.05, 4.69) is 11.5 Å². The van der Waals surface area contributed by atoms with E-state index < -0.39 is 0 Å². The highest BCUT2D eigenvalue weighted by Gasteiger charge is 2.23. The summed E-state index contributed by atoms with van der Waals surface area (Å²) >= 11 is 6.26. The van der Waals surface area contributed by atoms with Crippen LogP contribution in [0.1, 0.15) is 22.7 Å². The molecule has 1 aliphatic rings. The summed E-state index contributed by atoms with van der Waals surface area (Å²) in [7, 11) is 0. The maximum atomic E-state index is 6.26. The predicted molar refractivity (Wildman–Crippen MR) is 76.3 cm³/mol. The zero-order chi connectivity index (χ0) is 13.2. The summed E-state index contributed by atoms with van der Waals surface area (Å²) in [4.78, 5) is 0. The molecule has 0 saturated heterocycles. The molecule has 1 unspecified atom stereocenters. The van der Waals surface area contributed by atoms with Crippen molar-refractivity contribution in [3.8, 4) is 5.75 Å². The van der Waals surface area contributed by atoms with E-state index >= 15 is 0 Å². The number of hydrogen-bond acceptors (Lipinski definition) is 3. The van der Waals surface area contributed by atoms with Crippen LogP contribution in [-0.2, 0) is 6.42 Å². The highest BCUT2D eigenvalue weighted by atomic mass is 35.5. The maximum absolute atomic E-state index is 6.26. The van der Waals surface area contributed by atoms with Crippen molar-refractivity contribution >= 4 is 11.6 Å². The Bertz CT molecular complexity index is 600. The van der Waals surface area contributed by atoms with Crippen LogP contribution in [0.2, 0.25) is 5.02 Å². The average Bonchev–Trinajstić information content (AvgIpc) is 2.91. The van der Waals surface area contributed by atoms with Gasteiger partial charge in [-0.2, -0.15) is 0 Å². The SMILES string of the molecule is NNC(c1ccccc1Cl)c1cccc2c1OCC2. The monoisotopic (exact) mass is 274 g/mol. The summed E-state index contributed by atoms with van der Waals surface area (Å²) in [5.74, 6) is 6.67. The van der Waals surface area contributed by atoms with E-state index in [0.717, 1.165) is 29.9 Å². The number of hydrogen-bond donors (Lipinski definition) is 2. The van der Waals surface area contributed by atoms with Gasteiger partial charge in [0.15, 0.2) is 0 Å². The summed E-state index contributed by atoms with van der Waals surface area (Å²) in [6.45, 7) is 0.728. The molecule has 0 aromatic heterocycles. The number of ether oxygens (including phenoxy) is 1. The van der Waals surface area contributed by atoms with Gasteiger partial charge in [-0.3, -0.25) is 5.84 Å². The van der Waals surface area contributed by atoms with Crippen molar-refractivity contribution in [3.05, 3.63) is 64.2 Å². The molecule has 0 aliphatic carbocycles. The molecule has 2 aromatic carbocycles. The summed E-state index contributed by atoms with van der Waals surface area (Å²) in [6.07, 6.45) is 0.947. The Morgan fingerprint density at radius 3 is 2.68 bits per heavy atom. The molecular formula is C15H15ClN2O. The average molecular weight is 275 g/mol. The van der Waals surface area contributed by atoms with Gasteiger partial charge in [0.05, 0.1) is 12.6 Å². The van der Waals surface area contributed by atoms with Crippen LogP contribution in [0.15, 0.2) is 42.5 Å². The first-order valence-electron chi connectivity index (χ1n) is 6.26. The summed E-state index contributed by atoms with van der Waals surface area (Å²) < 4.78 is 5.74. The van der Waals surface area contributed by atoms with Crippen LogP contribution in [0.25, 0.3) is 0 Å². The Morgan fingerprint density at radius 1 is 1.11 bits per heavy atom. The van der Waals surface area contributed by atoms with Gasteiger partial charge in [-0.25, -0.2) is 5.43 Å². The van der Waals surface area contributed by atoms with Crippen LogP contribution < -0.4 is 16.0 Å². The van der Waals surface area contributed by atoms with Crippen LogP contribution in [0, 0.1) is 0 Å². The second-order valence-electron chi connectivity index (χ2n) is 4.56. The molecule has 0 amide bonds. The van der Waals surface area contributed by atoms with Crippen molar-refractivity contribution in [2.75, 3.05) is 6.61 Å². The lowest BCUT2D eigenvalue weighted by molar-refractivity contribution is 0.350. The van der Waals surface area contributed by atoms with Gasteiger partial charge < -0.3 is 4.74 Å². The smallest absolute Gasteiger partial charge is 0.127 e. The fraction of sp³-hybridized carbons (Fsp3) is 0.200. The highest BCUT2D eigenvalue weighted by Crippen LogP contribution is 2.37. The lowest BCUT2D eigenvalue weighted by atomic mass is 9.96. The minimum absolute atomic E-state index is 0.165. The molecule has 4 heteroatoms. The van der Waals surface area contributed by atoms with E-state index in [1.54, 1.807) is 0 Å². The molecule has 0 fully saturated rings. The quantitative estimate of drug-likeness (QED) is 0.668. The predicted octanol–water partition coefficient (Wildman–Crippen LogP) is 2.83. The summed E-state index contributed by atoms with van der Waals surface area (Å²) in [5.41, 5.74) is 6.05. The zero-order valence-corrected chi connectivity index (χ0v) is 11.2. The summed E-state index contributed by atoms with van der Waals surface area (Å²) in [5, 5.41) is 0.695. The van der Waals surface area contributed by atoms with Gasteiger partial charge in [0.2, 0.25) is 0 Å². The standard InChI is InChI=1S/C15H15ClN2O/c16-13-7-2-1-5-11(13)14(18-17)12-6-3-4-10-8-9-19-15(10)12/h1-7,14,18H,8-9,17H2. The number of nitrogens with one attached hydrogen (secondary N) is 1. The first kappa shape index (κ1) is 12.5. The van der Waals surface area contributed by atoms with Gasteiger partial charge >= 0.3 is 0 Å². The highest BCUT2D eigenvalue weighted by molar-refractivity contribution is 6.31. The first-order chi connectivity index (χ1) is 9.31. The van der Waals surface area contributed by atoms with Crippen LogP contribution in [0.3, 0.4) is 0 Å². The van der Waals surface area contributed by atoms with Gasteiger partial charge in [-0.1, -0.05) is 48.0 Å². The Balaban J connectivity index is 2.09. The Morgan fingerprint density at radius 2 is 1.89 bits per heavy atom. The Labute approximate surface area is 117 Å². The molecule has 1 aliphatic heterocycles. The van der Waals surface area contributed by atoms with Crippen LogP contribution >= 0.6 is 11.6 Å². The number of fused-ring (bicyclic) bond motifs is 1. The Hall–Kier alpha value is -1.55. The third kappa shape index (κ3) is 2.21. The zero-order valence-electron chi connectivity index (χ0n) is 10.4. The molecule has 3 rings (SSSR count). The van der Waals surface area contributed by atoms with E-state index in [1.807, 2.05) is 36.4 Å². The molecule has 3 N–H and O–H groups in total. The van der Waals surface area contributed by atoms with Crippen LogP contribution in [0.5, 0.6) is 5.75 Å². The first-order valence-corrected chi connectivity index (χ1v) is 6.64. The van der Waals surface area contributed by atoms with Gasteiger partial charge in [0, 0.05) is 17.0 Å². The number of halogens is 1. The van der Waals surface area contributed by atoms with Gasteiger partial charge in [-0.15, -0.1) is 0 Å². The minimum Gasteiger partial charge on any atom is -0.493 e. The number of rotatable bonds is 3. The van der Waals surface area contributed by atoms with Gasteiger partial charge in [0.25, 0.3) is 0 Å². The van der Waals surface area contributed by atoms with Crippen LogP contribution in [0.4, 0.5) is 0 Å². The molecule has 1 atom stereocenters. The topological polar surface area (TPSA) is 47.3 Å². The third-order valence-electron chi connectivity index (χ3n) is 3.44. The molecule has 2 aromatic rings. The fourth-order valence-electron chi connectivity index (χ4n) is 2.52. The molecule has 19 heavy (non-hydrogen) atoms. The lowest BCUT2D eigenvalue weighted by Gasteiger charge is -2.20. The Kier molecular flexibility index (Phi) is 3.42. The van der Waals surface area contributed by atoms with E-state index in [1.165, 1.54) is 5.56 Å². The van der Waals surface area contributed by atoms with Crippen molar-refractivity contribution in [1.82, 2.24) is 5.43 Å². The van der Waals surface area contributed by atoms with Crippen molar-refractivity contribution in [2.45, 2.75) is 12.5 Å². The molecule has 0 spiro atoms. The molecule has 3 nitrogen and oxygen atoms in total. The second kappa shape index (κ2) is 5.21. The van der Waals surface area contributed by atoms with E-state index in [4.69, 9.17) is 22.2 Å². The van der Waals surface area contributed by atoms with E-state index in [-0.39, 0.29) is 6.04 Å². The number of hydrazine groups is 1. The molecular weight excluding hydrogens is 260 g/mol. The van der Waals surface area contributed by atoms with Crippen molar-refractivity contribution < 1.29 is 4.74 Å². The van der Waals surface area contributed by atoms with Crippen LogP contribution in [-0.4, -0.2) is 6.61 Å². The van der Waals surface area contributed by atoms with Gasteiger partial charge in [0.1, 0.15) is 5.75 Å². The fourth-order valence-corrected chi connectivity index (χ4v) is 2.77. The number of benzene rings is 2. The van der Waals surface area contributed by atoms with E-state index in [9.17, 15) is 0 Å². The number of para-hydroxylation sites is 1. The summed E-state index contributed by atoms with van der Waals surface area (Å²) in [6, 6.07) is 13.7. The lowest BCUT2D eigenvalue weighted by Crippen LogP contribution is -2.29. The largest absolute Gasteiger partial charge is 0.493 e. The minimum atomic E-state index is -0.165. The van der Waals surface area contributed by atoms with E-state index in [0.29, 0.717) is 5.02 Å². The maximum Gasteiger partial charge on any atom is 0.127 e. The molecule has 98 valence electrons. The van der Waals surface area contributed by atoms with Crippen molar-refractivity contribution in [2.24, 2.45) is 5.84 Å². The molecule has 1 heterocycles. The number of nitrogens with two attached hydrogens (primary N) is 1.